The lowest BCUT2D eigenvalue weighted by atomic mass is 10.2. The van der Waals surface area contributed by atoms with Gasteiger partial charge in [0.05, 0.1) is 0 Å². The van der Waals surface area contributed by atoms with E-state index in [1.807, 2.05) is 20.0 Å². The fourth-order valence-corrected chi connectivity index (χ4v) is 2.09. The molecule has 2 heterocycles. The minimum Gasteiger partial charge on any atom is -0.313 e. The van der Waals surface area contributed by atoms with Gasteiger partial charge in [-0.15, -0.1) is 5.10 Å². The second-order valence-electron chi connectivity index (χ2n) is 5.02. The molecular weight excluding hydrogens is 264 g/mol. The van der Waals surface area contributed by atoms with Crippen molar-refractivity contribution in [2.45, 2.75) is 53.5 Å². The summed E-state index contributed by atoms with van der Waals surface area (Å²) in [5.74, 6) is 2.35. The van der Waals surface area contributed by atoms with Gasteiger partial charge in [-0.1, -0.05) is 20.8 Å². The maximum atomic E-state index is 4.59. The van der Waals surface area contributed by atoms with Gasteiger partial charge in [0.1, 0.15) is 5.82 Å². The second-order valence-corrected chi connectivity index (χ2v) is 5.02. The molecular formula is C15H24N6. The Morgan fingerprint density at radius 1 is 1.14 bits per heavy atom. The molecule has 0 saturated heterocycles. The Morgan fingerprint density at radius 3 is 2.57 bits per heavy atom. The molecule has 0 aliphatic rings. The molecule has 2 aromatic heterocycles. The molecule has 0 radical (unpaired) electrons. The van der Waals surface area contributed by atoms with E-state index < -0.39 is 0 Å². The first-order chi connectivity index (χ1) is 10.2. The van der Waals surface area contributed by atoms with Crippen LogP contribution in [0.25, 0.3) is 5.95 Å². The Morgan fingerprint density at radius 2 is 1.95 bits per heavy atom. The number of hydrogen-bond acceptors (Lipinski definition) is 5. The number of nitrogens with zero attached hydrogens (tertiary/aromatic N) is 5. The molecule has 2 aromatic rings. The van der Waals surface area contributed by atoms with Crippen LogP contribution in [0.3, 0.4) is 0 Å². The molecule has 0 amide bonds. The van der Waals surface area contributed by atoms with Gasteiger partial charge in [0.25, 0.3) is 5.95 Å². The van der Waals surface area contributed by atoms with Gasteiger partial charge in [0.15, 0.2) is 5.82 Å². The monoisotopic (exact) mass is 288 g/mol. The summed E-state index contributed by atoms with van der Waals surface area (Å²) in [6, 6.07) is 0. The van der Waals surface area contributed by atoms with Crippen LogP contribution in [0.2, 0.25) is 0 Å². The fraction of sp³-hybridized carbons (Fsp3) is 0.600. The molecule has 0 spiro atoms. The van der Waals surface area contributed by atoms with Gasteiger partial charge in [-0.3, -0.25) is 0 Å². The molecule has 1 N–H and O–H groups in total. The van der Waals surface area contributed by atoms with Crippen molar-refractivity contribution >= 4 is 0 Å². The third kappa shape index (κ3) is 3.64. The summed E-state index contributed by atoms with van der Waals surface area (Å²) >= 11 is 0. The molecule has 6 heteroatoms. The van der Waals surface area contributed by atoms with Crippen LogP contribution in [0.4, 0.5) is 0 Å². The lowest BCUT2D eigenvalue weighted by Gasteiger charge is -2.08. The Bertz CT molecular complexity index is 590. The Hall–Kier alpha value is -1.82. The van der Waals surface area contributed by atoms with E-state index in [0.717, 1.165) is 55.3 Å². The van der Waals surface area contributed by atoms with E-state index >= 15 is 0 Å². The van der Waals surface area contributed by atoms with Crippen molar-refractivity contribution in [1.82, 2.24) is 30.0 Å². The average molecular weight is 288 g/mol. The lowest BCUT2D eigenvalue weighted by molar-refractivity contribution is 0.663. The van der Waals surface area contributed by atoms with Crippen molar-refractivity contribution in [2.24, 2.45) is 0 Å². The van der Waals surface area contributed by atoms with Crippen LogP contribution < -0.4 is 5.32 Å². The lowest BCUT2D eigenvalue weighted by Crippen LogP contribution is -2.16. The third-order valence-corrected chi connectivity index (χ3v) is 3.35. The smallest absolute Gasteiger partial charge is 0.252 e. The Kier molecular flexibility index (Phi) is 5.38. The van der Waals surface area contributed by atoms with E-state index in [4.69, 9.17) is 0 Å². The largest absolute Gasteiger partial charge is 0.313 e. The molecule has 0 atom stereocenters. The molecule has 0 bridgehead atoms. The summed E-state index contributed by atoms with van der Waals surface area (Å²) in [6.45, 7) is 10.1. The van der Waals surface area contributed by atoms with Crippen molar-refractivity contribution in [2.75, 3.05) is 6.54 Å². The van der Waals surface area contributed by atoms with Gasteiger partial charge in [0, 0.05) is 36.8 Å². The predicted octanol–water partition coefficient (Wildman–Crippen LogP) is 1.99. The van der Waals surface area contributed by atoms with E-state index in [2.05, 4.69) is 39.2 Å². The van der Waals surface area contributed by atoms with Gasteiger partial charge in [-0.25, -0.2) is 15.0 Å². The first-order valence-electron chi connectivity index (χ1n) is 7.67. The SMILES string of the molecule is CCCNCc1cnc(-n2nc(CC)nc2CC)nc1C. The summed E-state index contributed by atoms with van der Waals surface area (Å²) in [6.07, 6.45) is 4.64. The van der Waals surface area contributed by atoms with Crippen LogP contribution in [0.1, 0.15) is 50.1 Å². The maximum absolute atomic E-state index is 4.59. The summed E-state index contributed by atoms with van der Waals surface area (Å²) in [7, 11) is 0. The molecule has 2 rings (SSSR count). The maximum Gasteiger partial charge on any atom is 0.252 e. The van der Waals surface area contributed by atoms with Gasteiger partial charge in [-0.05, 0) is 19.9 Å². The van der Waals surface area contributed by atoms with Gasteiger partial charge in [-0.2, -0.15) is 4.68 Å². The summed E-state index contributed by atoms with van der Waals surface area (Å²) < 4.78 is 1.76. The van der Waals surface area contributed by atoms with Gasteiger partial charge >= 0.3 is 0 Å². The van der Waals surface area contributed by atoms with E-state index in [1.165, 1.54) is 0 Å². The molecule has 114 valence electrons. The average Bonchev–Trinajstić information content (AvgIpc) is 2.92. The fourth-order valence-electron chi connectivity index (χ4n) is 2.09. The first-order valence-corrected chi connectivity index (χ1v) is 7.67. The van der Waals surface area contributed by atoms with Crippen molar-refractivity contribution in [3.8, 4) is 5.95 Å². The zero-order valence-electron chi connectivity index (χ0n) is 13.3. The number of hydrogen-bond donors (Lipinski definition) is 1. The van der Waals surface area contributed by atoms with Crippen LogP contribution in [0, 0.1) is 6.92 Å². The zero-order chi connectivity index (χ0) is 15.2. The molecule has 0 aliphatic heterocycles. The summed E-state index contributed by atoms with van der Waals surface area (Å²) in [5.41, 5.74) is 2.11. The Labute approximate surface area is 126 Å². The minimum absolute atomic E-state index is 0.607. The van der Waals surface area contributed by atoms with E-state index in [9.17, 15) is 0 Å². The summed E-state index contributed by atoms with van der Waals surface area (Å²) in [5, 5.41) is 7.85. The van der Waals surface area contributed by atoms with Gasteiger partial charge < -0.3 is 5.32 Å². The quantitative estimate of drug-likeness (QED) is 0.789. The normalized spacial score (nSPS) is 11.0. The Balaban J connectivity index is 2.25. The highest BCUT2D eigenvalue weighted by atomic mass is 15.4. The minimum atomic E-state index is 0.607. The predicted molar refractivity (Wildman–Crippen MR) is 82.4 cm³/mol. The third-order valence-electron chi connectivity index (χ3n) is 3.35. The van der Waals surface area contributed by atoms with E-state index in [0.29, 0.717) is 5.95 Å². The first kappa shape index (κ1) is 15.6. The molecule has 0 unspecified atom stereocenters. The van der Waals surface area contributed by atoms with Gasteiger partial charge in [0.2, 0.25) is 0 Å². The van der Waals surface area contributed by atoms with Crippen molar-refractivity contribution in [1.29, 1.82) is 0 Å². The van der Waals surface area contributed by atoms with E-state index in [-0.39, 0.29) is 0 Å². The molecule has 0 aromatic carbocycles. The van der Waals surface area contributed by atoms with Crippen LogP contribution in [0.5, 0.6) is 0 Å². The highest BCUT2D eigenvalue weighted by Gasteiger charge is 2.12. The van der Waals surface area contributed by atoms with Crippen LogP contribution >= 0.6 is 0 Å². The van der Waals surface area contributed by atoms with Crippen molar-refractivity contribution < 1.29 is 0 Å². The van der Waals surface area contributed by atoms with Crippen LogP contribution in [-0.2, 0) is 19.4 Å². The molecule has 21 heavy (non-hydrogen) atoms. The molecule has 0 saturated carbocycles. The summed E-state index contributed by atoms with van der Waals surface area (Å²) in [4.78, 5) is 13.5. The van der Waals surface area contributed by atoms with Crippen molar-refractivity contribution in [3.05, 3.63) is 29.1 Å². The molecule has 0 aliphatic carbocycles. The van der Waals surface area contributed by atoms with E-state index in [1.54, 1.807) is 4.68 Å². The highest BCUT2D eigenvalue weighted by Crippen LogP contribution is 2.10. The number of nitrogens with one attached hydrogen (secondary N) is 1. The van der Waals surface area contributed by atoms with Crippen LogP contribution in [0.15, 0.2) is 6.20 Å². The van der Waals surface area contributed by atoms with Crippen molar-refractivity contribution in [3.63, 3.8) is 0 Å². The molecule has 0 fully saturated rings. The number of rotatable bonds is 7. The van der Waals surface area contributed by atoms with Crippen LogP contribution in [-0.4, -0.2) is 31.3 Å². The standard InChI is InChI=1S/C15H24N6/c1-5-8-16-9-12-10-17-15(18-11(12)4)21-14(7-3)19-13(6-2)20-21/h10,16H,5-9H2,1-4H3. The highest BCUT2D eigenvalue weighted by molar-refractivity contribution is 5.22. The number of aromatic nitrogens is 5. The topological polar surface area (TPSA) is 68.5 Å². The zero-order valence-corrected chi connectivity index (χ0v) is 13.3. The second kappa shape index (κ2) is 7.26. The number of aryl methyl sites for hydroxylation is 3. The molecule has 6 nitrogen and oxygen atoms in total.